The molecule has 0 aromatic heterocycles. The lowest BCUT2D eigenvalue weighted by molar-refractivity contribution is -0.134. The quantitative estimate of drug-likeness (QED) is 0.777. The van der Waals surface area contributed by atoms with E-state index in [1.807, 2.05) is 25.7 Å². The molecule has 0 aromatic carbocycles. The fourth-order valence-corrected chi connectivity index (χ4v) is 3.25. The summed E-state index contributed by atoms with van der Waals surface area (Å²) in [6, 6.07) is 0. The third kappa shape index (κ3) is 3.48. The van der Waals surface area contributed by atoms with E-state index in [9.17, 15) is 9.59 Å². The number of likely N-dealkylation sites (tertiary alicyclic amines) is 2. The number of hydrogen-bond acceptors (Lipinski definition) is 4. The molecule has 0 aromatic rings. The molecule has 2 amide bonds. The lowest BCUT2D eigenvalue weighted by Gasteiger charge is -2.36. The van der Waals surface area contributed by atoms with Crippen molar-refractivity contribution in [3.05, 3.63) is 0 Å². The number of nitrogens with zero attached hydrogens (tertiary/aromatic N) is 2. The molecule has 2 saturated heterocycles. The van der Waals surface area contributed by atoms with E-state index in [0.717, 1.165) is 19.3 Å². The SMILES string of the molecule is COCC(=O)N1CC[C@]2(CCCN2C(=O)OC(C)(C)C)C1. The molecule has 0 aliphatic carbocycles. The van der Waals surface area contributed by atoms with Crippen molar-refractivity contribution in [1.82, 2.24) is 9.80 Å². The number of ether oxygens (including phenoxy) is 2. The molecule has 0 saturated carbocycles. The van der Waals surface area contributed by atoms with Gasteiger partial charge in [-0.15, -0.1) is 0 Å². The number of hydrogen-bond donors (Lipinski definition) is 0. The van der Waals surface area contributed by atoms with Gasteiger partial charge in [-0.25, -0.2) is 4.79 Å². The molecule has 2 rings (SSSR count). The second-order valence-electron chi connectivity index (χ2n) is 6.96. The van der Waals surface area contributed by atoms with E-state index >= 15 is 0 Å². The molecule has 0 unspecified atom stereocenters. The third-order valence-electron chi connectivity index (χ3n) is 4.16. The number of amides is 2. The second-order valence-corrected chi connectivity index (χ2v) is 6.96. The van der Waals surface area contributed by atoms with Crippen molar-refractivity contribution in [2.45, 2.75) is 51.2 Å². The maximum Gasteiger partial charge on any atom is 0.410 e. The maximum atomic E-state index is 12.4. The van der Waals surface area contributed by atoms with Crippen molar-refractivity contribution in [2.75, 3.05) is 33.4 Å². The van der Waals surface area contributed by atoms with Crippen LogP contribution in [0.15, 0.2) is 0 Å². The predicted octanol–water partition coefficient (Wildman–Crippen LogP) is 1.63. The Labute approximate surface area is 126 Å². The van der Waals surface area contributed by atoms with E-state index in [1.54, 1.807) is 4.90 Å². The third-order valence-corrected chi connectivity index (χ3v) is 4.16. The van der Waals surface area contributed by atoms with Crippen molar-refractivity contribution < 1.29 is 19.1 Å². The average Bonchev–Trinajstić information content (AvgIpc) is 2.96. The highest BCUT2D eigenvalue weighted by Gasteiger charge is 2.50. The molecule has 0 radical (unpaired) electrons. The molecule has 1 atom stereocenters. The molecular weight excluding hydrogens is 272 g/mol. The van der Waals surface area contributed by atoms with E-state index in [1.165, 1.54) is 7.11 Å². The van der Waals surface area contributed by atoms with Gasteiger partial charge in [0.2, 0.25) is 5.91 Å². The van der Waals surface area contributed by atoms with Crippen LogP contribution in [0.2, 0.25) is 0 Å². The summed E-state index contributed by atoms with van der Waals surface area (Å²) in [4.78, 5) is 28.0. The van der Waals surface area contributed by atoms with E-state index in [0.29, 0.717) is 19.6 Å². The molecule has 1 spiro atoms. The highest BCUT2D eigenvalue weighted by molar-refractivity contribution is 5.78. The Balaban J connectivity index is 2.05. The summed E-state index contributed by atoms with van der Waals surface area (Å²) in [5, 5.41) is 0. The number of rotatable bonds is 2. The van der Waals surface area contributed by atoms with E-state index in [2.05, 4.69) is 0 Å². The molecule has 2 fully saturated rings. The number of carbonyl (C=O) groups excluding carboxylic acids is 2. The number of methoxy groups -OCH3 is 1. The van der Waals surface area contributed by atoms with Gasteiger partial charge in [0.25, 0.3) is 0 Å². The summed E-state index contributed by atoms with van der Waals surface area (Å²) in [6.07, 6.45) is 2.46. The Kier molecular flexibility index (Phi) is 4.46. The maximum absolute atomic E-state index is 12.4. The molecule has 6 nitrogen and oxygen atoms in total. The lowest BCUT2D eigenvalue weighted by atomic mass is 9.95. The van der Waals surface area contributed by atoms with Gasteiger partial charge in [-0.1, -0.05) is 0 Å². The molecule has 2 heterocycles. The van der Waals surface area contributed by atoms with Crippen LogP contribution in [-0.4, -0.2) is 66.3 Å². The Bertz CT molecular complexity index is 418. The fraction of sp³-hybridized carbons (Fsp3) is 0.867. The summed E-state index contributed by atoms with van der Waals surface area (Å²) < 4.78 is 10.4. The minimum Gasteiger partial charge on any atom is -0.444 e. The van der Waals surface area contributed by atoms with Gasteiger partial charge in [0.05, 0.1) is 5.54 Å². The van der Waals surface area contributed by atoms with Crippen molar-refractivity contribution >= 4 is 12.0 Å². The minimum atomic E-state index is -0.495. The number of carbonyl (C=O) groups is 2. The van der Waals surface area contributed by atoms with Crippen LogP contribution in [0.4, 0.5) is 4.79 Å². The summed E-state index contributed by atoms with van der Waals surface area (Å²) in [6.45, 7) is 7.70. The van der Waals surface area contributed by atoms with Gasteiger partial charge < -0.3 is 19.3 Å². The van der Waals surface area contributed by atoms with Crippen LogP contribution in [-0.2, 0) is 14.3 Å². The van der Waals surface area contributed by atoms with Crippen LogP contribution in [0.5, 0.6) is 0 Å². The molecule has 2 aliphatic heterocycles. The van der Waals surface area contributed by atoms with Gasteiger partial charge in [-0.2, -0.15) is 0 Å². The van der Waals surface area contributed by atoms with Crippen LogP contribution >= 0.6 is 0 Å². The van der Waals surface area contributed by atoms with E-state index in [-0.39, 0.29) is 24.1 Å². The first-order chi connectivity index (χ1) is 9.77. The first kappa shape index (κ1) is 16.1. The highest BCUT2D eigenvalue weighted by atomic mass is 16.6. The zero-order chi connectivity index (χ0) is 15.7. The Morgan fingerprint density at radius 2 is 1.90 bits per heavy atom. The largest absolute Gasteiger partial charge is 0.444 e. The molecular formula is C15H26N2O4. The van der Waals surface area contributed by atoms with Crippen LogP contribution in [0.1, 0.15) is 40.0 Å². The van der Waals surface area contributed by atoms with E-state index < -0.39 is 5.60 Å². The molecule has 2 aliphatic rings. The van der Waals surface area contributed by atoms with Crippen LogP contribution < -0.4 is 0 Å². The topological polar surface area (TPSA) is 59.1 Å². The standard InChI is InChI=1S/C15H26N2O4/c1-14(2,3)21-13(19)17-8-5-6-15(17)7-9-16(11-15)12(18)10-20-4/h5-11H2,1-4H3/t15-/m1/s1. The lowest BCUT2D eigenvalue weighted by Crippen LogP contribution is -2.51. The van der Waals surface area contributed by atoms with Gasteiger partial charge in [0.15, 0.2) is 0 Å². The van der Waals surface area contributed by atoms with Crippen LogP contribution in [0.25, 0.3) is 0 Å². The van der Waals surface area contributed by atoms with Crippen molar-refractivity contribution in [3.8, 4) is 0 Å². The first-order valence-electron chi connectivity index (χ1n) is 7.55. The zero-order valence-corrected chi connectivity index (χ0v) is 13.5. The zero-order valence-electron chi connectivity index (χ0n) is 13.5. The van der Waals surface area contributed by atoms with Crippen molar-refractivity contribution in [2.24, 2.45) is 0 Å². The van der Waals surface area contributed by atoms with Crippen molar-refractivity contribution in [3.63, 3.8) is 0 Å². The molecule has 21 heavy (non-hydrogen) atoms. The molecule has 6 heteroatoms. The summed E-state index contributed by atoms with van der Waals surface area (Å²) >= 11 is 0. The second kappa shape index (κ2) is 5.83. The Hall–Kier alpha value is -1.30. The minimum absolute atomic E-state index is 0.00888. The monoisotopic (exact) mass is 298 g/mol. The Morgan fingerprint density at radius 1 is 1.19 bits per heavy atom. The van der Waals surface area contributed by atoms with Crippen LogP contribution in [0, 0.1) is 0 Å². The molecule has 0 bridgehead atoms. The summed E-state index contributed by atoms with van der Waals surface area (Å²) in [5.41, 5.74) is -0.739. The molecule has 0 N–H and O–H groups in total. The average molecular weight is 298 g/mol. The van der Waals surface area contributed by atoms with Gasteiger partial charge >= 0.3 is 6.09 Å². The van der Waals surface area contributed by atoms with Gasteiger partial charge in [0.1, 0.15) is 12.2 Å². The normalized spacial score (nSPS) is 25.7. The highest BCUT2D eigenvalue weighted by Crippen LogP contribution is 2.38. The smallest absolute Gasteiger partial charge is 0.410 e. The Morgan fingerprint density at radius 3 is 2.52 bits per heavy atom. The predicted molar refractivity (Wildman–Crippen MR) is 78.0 cm³/mol. The van der Waals surface area contributed by atoms with Gasteiger partial charge in [0, 0.05) is 26.7 Å². The fourth-order valence-electron chi connectivity index (χ4n) is 3.25. The van der Waals surface area contributed by atoms with Gasteiger partial charge in [-0.05, 0) is 40.0 Å². The molecule has 120 valence electrons. The first-order valence-corrected chi connectivity index (χ1v) is 7.55. The summed E-state index contributed by atoms with van der Waals surface area (Å²) in [7, 11) is 1.52. The van der Waals surface area contributed by atoms with Crippen LogP contribution in [0.3, 0.4) is 0 Å². The summed E-state index contributed by atoms with van der Waals surface area (Å²) in [5.74, 6) is -0.00888. The van der Waals surface area contributed by atoms with Gasteiger partial charge in [-0.3, -0.25) is 4.79 Å². The van der Waals surface area contributed by atoms with Crippen molar-refractivity contribution in [1.29, 1.82) is 0 Å². The van der Waals surface area contributed by atoms with E-state index in [4.69, 9.17) is 9.47 Å².